The Morgan fingerprint density at radius 3 is 2.40 bits per heavy atom. The van der Waals surface area contributed by atoms with Crippen molar-refractivity contribution in [3.63, 3.8) is 0 Å². The second kappa shape index (κ2) is 6.11. The Hall–Kier alpha value is -3.05. The number of aromatic nitrogens is 2. The maximum atomic E-state index is 14.0. The van der Waals surface area contributed by atoms with E-state index in [0.717, 1.165) is 5.56 Å². The van der Waals surface area contributed by atoms with Gasteiger partial charge in [-0.15, -0.1) is 0 Å². The van der Waals surface area contributed by atoms with Crippen LogP contribution >= 0.6 is 0 Å². The van der Waals surface area contributed by atoms with Gasteiger partial charge in [-0.25, -0.2) is 13.8 Å². The topological polar surface area (TPSA) is 37.5 Å². The first-order valence-corrected chi connectivity index (χ1v) is 7.79. The molecule has 2 heterocycles. The van der Waals surface area contributed by atoms with E-state index in [1.54, 1.807) is 59.3 Å². The lowest BCUT2D eigenvalue weighted by Gasteiger charge is -2.09. The number of nitrogens with zero attached hydrogens (tertiary/aromatic N) is 2. The lowest BCUT2D eigenvalue weighted by Crippen LogP contribution is -1.95. The third-order valence-electron chi connectivity index (χ3n) is 4.19. The van der Waals surface area contributed by atoms with Gasteiger partial charge in [0.1, 0.15) is 17.3 Å². The monoisotopic (exact) mass is 336 g/mol. The summed E-state index contributed by atoms with van der Waals surface area (Å²) in [5.41, 5.74) is 3.21. The average Bonchev–Trinajstić information content (AvgIpc) is 3.04. The van der Waals surface area contributed by atoms with Crippen molar-refractivity contribution in [2.75, 3.05) is 0 Å². The Labute approximate surface area is 142 Å². The second-order valence-corrected chi connectivity index (χ2v) is 5.71. The summed E-state index contributed by atoms with van der Waals surface area (Å²) in [7, 11) is 0. The molecular formula is C20H14F2N2O. The number of rotatable bonds is 3. The van der Waals surface area contributed by atoms with Crippen molar-refractivity contribution in [3.8, 4) is 22.4 Å². The zero-order chi connectivity index (χ0) is 17.4. The van der Waals surface area contributed by atoms with Crippen LogP contribution < -0.4 is 0 Å². The zero-order valence-electron chi connectivity index (χ0n) is 13.2. The normalized spacial score (nSPS) is 11.2. The lowest BCUT2D eigenvalue weighted by atomic mass is 10.0. The number of fused-ring (bicyclic) bond motifs is 1. The Morgan fingerprint density at radius 2 is 1.60 bits per heavy atom. The Balaban J connectivity index is 1.85. The molecule has 4 rings (SSSR count). The molecule has 2 aromatic heterocycles. The quantitative estimate of drug-likeness (QED) is 0.601. The highest BCUT2D eigenvalue weighted by atomic mass is 19.1. The molecule has 124 valence electrons. The minimum Gasteiger partial charge on any atom is -0.392 e. The number of aliphatic hydroxyl groups is 1. The number of pyridine rings is 1. The van der Waals surface area contributed by atoms with Gasteiger partial charge < -0.3 is 9.51 Å². The molecule has 5 heteroatoms. The smallest absolute Gasteiger partial charge is 0.137 e. The number of aliphatic hydroxyl groups excluding tert-OH is 1. The van der Waals surface area contributed by atoms with Crippen LogP contribution in [0.25, 0.3) is 28.0 Å². The number of hydrogen-bond donors (Lipinski definition) is 1. The largest absolute Gasteiger partial charge is 0.392 e. The van der Waals surface area contributed by atoms with E-state index >= 15 is 0 Å². The molecule has 3 nitrogen and oxygen atoms in total. The highest BCUT2D eigenvalue weighted by molar-refractivity contribution is 5.70. The summed E-state index contributed by atoms with van der Waals surface area (Å²) in [6, 6.07) is 14.7. The van der Waals surface area contributed by atoms with Crippen molar-refractivity contribution in [2.45, 2.75) is 6.61 Å². The van der Waals surface area contributed by atoms with E-state index in [1.165, 1.54) is 12.1 Å². The van der Waals surface area contributed by atoms with Crippen molar-refractivity contribution in [3.05, 3.63) is 84.2 Å². The molecule has 0 saturated heterocycles. The fourth-order valence-electron chi connectivity index (χ4n) is 2.94. The summed E-state index contributed by atoms with van der Waals surface area (Å²) < 4.78 is 29.6. The molecule has 1 N–H and O–H groups in total. The molecule has 25 heavy (non-hydrogen) atoms. The molecule has 0 aliphatic carbocycles. The Morgan fingerprint density at radius 1 is 0.840 bits per heavy atom. The third kappa shape index (κ3) is 2.68. The van der Waals surface area contributed by atoms with E-state index in [2.05, 4.69) is 4.98 Å². The molecule has 0 aliphatic heterocycles. The first kappa shape index (κ1) is 15.5. The van der Waals surface area contributed by atoms with Crippen LogP contribution in [0.1, 0.15) is 5.56 Å². The fraction of sp³-hybridized carbons (Fsp3) is 0.0500. The van der Waals surface area contributed by atoms with Crippen LogP contribution in [0.4, 0.5) is 8.78 Å². The molecule has 0 radical (unpaired) electrons. The second-order valence-electron chi connectivity index (χ2n) is 5.71. The fourth-order valence-corrected chi connectivity index (χ4v) is 2.94. The maximum absolute atomic E-state index is 14.0. The van der Waals surface area contributed by atoms with Crippen molar-refractivity contribution in [2.24, 2.45) is 0 Å². The molecule has 0 aliphatic rings. The van der Waals surface area contributed by atoms with Gasteiger partial charge in [-0.2, -0.15) is 0 Å². The summed E-state index contributed by atoms with van der Waals surface area (Å²) in [5.74, 6) is -0.781. The standard InChI is InChI=1S/C20H14F2N2O/c21-17-6-2-1-4-15(17)19-11-24-10-13(8-9-20(24)23-19)14-5-3-7-18(22)16(14)12-25/h1-11,25H,12H2. The summed E-state index contributed by atoms with van der Waals surface area (Å²) in [6.07, 6.45) is 3.52. The van der Waals surface area contributed by atoms with Crippen LogP contribution in [0, 0.1) is 11.6 Å². The molecule has 0 amide bonds. The predicted octanol–water partition coefficient (Wildman–Crippen LogP) is 4.44. The van der Waals surface area contributed by atoms with Crippen LogP contribution in [-0.4, -0.2) is 14.5 Å². The van der Waals surface area contributed by atoms with E-state index < -0.39 is 5.82 Å². The summed E-state index contributed by atoms with van der Waals surface area (Å²) in [5, 5.41) is 9.46. The van der Waals surface area contributed by atoms with Gasteiger partial charge in [-0.1, -0.05) is 24.3 Å². The minimum absolute atomic E-state index is 0.247. The van der Waals surface area contributed by atoms with Gasteiger partial charge in [0.15, 0.2) is 0 Å². The SMILES string of the molecule is OCc1c(F)cccc1-c1ccc2nc(-c3ccccc3F)cn2c1. The zero-order valence-corrected chi connectivity index (χ0v) is 13.2. The van der Waals surface area contributed by atoms with Gasteiger partial charge in [0.2, 0.25) is 0 Å². The maximum Gasteiger partial charge on any atom is 0.137 e. The van der Waals surface area contributed by atoms with Crippen LogP contribution in [0.3, 0.4) is 0 Å². The van der Waals surface area contributed by atoms with Gasteiger partial charge in [-0.05, 0) is 41.5 Å². The van der Waals surface area contributed by atoms with Gasteiger partial charge in [0.05, 0.1) is 12.3 Å². The molecule has 0 saturated carbocycles. The minimum atomic E-state index is -0.447. The molecule has 0 bridgehead atoms. The lowest BCUT2D eigenvalue weighted by molar-refractivity contribution is 0.276. The van der Waals surface area contributed by atoms with Crippen LogP contribution in [0.15, 0.2) is 67.0 Å². The van der Waals surface area contributed by atoms with E-state index in [1.807, 2.05) is 0 Å². The van der Waals surface area contributed by atoms with Gasteiger partial charge >= 0.3 is 0 Å². The van der Waals surface area contributed by atoms with Gasteiger partial charge in [0.25, 0.3) is 0 Å². The summed E-state index contributed by atoms with van der Waals surface area (Å²) >= 11 is 0. The van der Waals surface area contributed by atoms with Crippen LogP contribution in [0.5, 0.6) is 0 Å². The predicted molar refractivity (Wildman–Crippen MR) is 91.9 cm³/mol. The van der Waals surface area contributed by atoms with E-state index in [9.17, 15) is 13.9 Å². The van der Waals surface area contributed by atoms with Gasteiger partial charge in [0, 0.05) is 23.5 Å². The molecule has 0 atom stereocenters. The number of benzene rings is 2. The van der Waals surface area contributed by atoms with Crippen LogP contribution in [-0.2, 0) is 6.61 Å². The van der Waals surface area contributed by atoms with Gasteiger partial charge in [-0.3, -0.25) is 0 Å². The summed E-state index contributed by atoms with van der Waals surface area (Å²) in [4.78, 5) is 4.44. The number of halogens is 2. The molecule has 0 unspecified atom stereocenters. The van der Waals surface area contributed by atoms with Crippen molar-refractivity contribution in [1.82, 2.24) is 9.38 Å². The average molecular weight is 336 g/mol. The molecule has 2 aromatic carbocycles. The molecule has 0 spiro atoms. The van der Waals surface area contributed by atoms with Crippen molar-refractivity contribution >= 4 is 5.65 Å². The highest BCUT2D eigenvalue weighted by Gasteiger charge is 2.12. The van der Waals surface area contributed by atoms with Crippen LogP contribution in [0.2, 0.25) is 0 Å². The first-order valence-electron chi connectivity index (χ1n) is 7.79. The number of imidazole rings is 1. The molecule has 0 fully saturated rings. The first-order chi connectivity index (χ1) is 12.2. The van der Waals surface area contributed by atoms with E-state index in [0.29, 0.717) is 22.5 Å². The molecular weight excluding hydrogens is 322 g/mol. The summed E-state index contributed by atoms with van der Waals surface area (Å²) in [6.45, 7) is -0.384. The Kier molecular flexibility index (Phi) is 3.78. The number of hydrogen-bond acceptors (Lipinski definition) is 2. The highest BCUT2D eigenvalue weighted by Crippen LogP contribution is 2.28. The van der Waals surface area contributed by atoms with E-state index in [4.69, 9.17) is 0 Å². The van der Waals surface area contributed by atoms with Crippen molar-refractivity contribution < 1.29 is 13.9 Å². The third-order valence-corrected chi connectivity index (χ3v) is 4.19. The molecule has 4 aromatic rings. The van der Waals surface area contributed by atoms with Crippen molar-refractivity contribution in [1.29, 1.82) is 0 Å². The van der Waals surface area contributed by atoms with E-state index in [-0.39, 0.29) is 18.0 Å². The Bertz CT molecular complexity index is 1070.